The Hall–Kier alpha value is -0.770. The van der Waals surface area contributed by atoms with Crippen molar-refractivity contribution in [2.45, 2.75) is 10.8 Å². The van der Waals surface area contributed by atoms with Crippen LogP contribution in [0, 0.1) is 0 Å². The van der Waals surface area contributed by atoms with Gasteiger partial charge >= 0.3 is 0 Å². The molecule has 0 aliphatic heterocycles. The van der Waals surface area contributed by atoms with Crippen molar-refractivity contribution in [2.24, 2.45) is 0 Å². The van der Waals surface area contributed by atoms with E-state index in [0.29, 0.717) is 6.54 Å². The van der Waals surface area contributed by atoms with Gasteiger partial charge in [-0.3, -0.25) is 0 Å². The molecular weight excluding hydrogens is 262 g/mol. The van der Waals surface area contributed by atoms with Gasteiger partial charge in [0.15, 0.2) is 0 Å². The zero-order chi connectivity index (χ0) is 13.1. The minimum absolute atomic E-state index is 0.0534. The summed E-state index contributed by atoms with van der Waals surface area (Å²) >= 11 is 0.878. The first-order valence-electron chi connectivity index (χ1n) is 5.04. The first-order valence-corrected chi connectivity index (χ1v) is 7.29. The monoisotopic (exact) mass is 279 g/mol. The second-order valence-electron chi connectivity index (χ2n) is 3.89. The Morgan fingerprint density at radius 1 is 1.24 bits per heavy atom. The summed E-state index contributed by atoms with van der Waals surface area (Å²) in [6.07, 6.45) is 0.761. The molecule has 0 fully saturated rings. The first kappa shape index (κ1) is 14.3. The quantitative estimate of drug-likeness (QED) is 0.768. The molecule has 7 nitrogen and oxygen atoms in total. The van der Waals surface area contributed by atoms with Crippen LogP contribution in [0.25, 0.3) is 0 Å². The van der Waals surface area contributed by atoms with Crippen LogP contribution >= 0.6 is 11.3 Å². The maximum absolute atomic E-state index is 12.0. The molecule has 0 amide bonds. The second-order valence-corrected chi connectivity index (χ2v) is 7.12. The number of nitrogen functional groups attached to an aromatic ring is 1. The summed E-state index contributed by atoms with van der Waals surface area (Å²) in [7, 11) is 1.88. The molecule has 17 heavy (non-hydrogen) atoms. The van der Waals surface area contributed by atoms with E-state index in [2.05, 4.69) is 10.2 Å². The van der Waals surface area contributed by atoms with Gasteiger partial charge in [0.25, 0.3) is 10.0 Å². The van der Waals surface area contributed by atoms with E-state index in [1.54, 1.807) is 0 Å². The van der Waals surface area contributed by atoms with E-state index in [9.17, 15) is 8.42 Å². The lowest BCUT2D eigenvalue weighted by Crippen LogP contribution is -2.29. The second kappa shape index (κ2) is 5.71. The van der Waals surface area contributed by atoms with Crippen LogP contribution < -0.4 is 5.73 Å². The van der Waals surface area contributed by atoms with Crippen molar-refractivity contribution in [1.82, 2.24) is 19.4 Å². The Kier molecular flexibility index (Phi) is 4.80. The average Bonchev–Trinajstić information content (AvgIpc) is 2.64. The van der Waals surface area contributed by atoms with Crippen LogP contribution in [0.4, 0.5) is 5.13 Å². The highest BCUT2D eigenvalue weighted by atomic mass is 32.2. The molecule has 1 rings (SSSR count). The lowest BCUT2D eigenvalue weighted by molar-refractivity contribution is 0.370. The van der Waals surface area contributed by atoms with Crippen molar-refractivity contribution in [2.75, 3.05) is 40.0 Å². The van der Waals surface area contributed by atoms with Crippen molar-refractivity contribution in [3.05, 3.63) is 0 Å². The highest BCUT2D eigenvalue weighted by Crippen LogP contribution is 2.20. The SMILES string of the molecule is CN(C)CCCN(C)S(=O)(=O)c1nnc(N)s1. The first-order chi connectivity index (χ1) is 7.84. The third-order valence-corrected chi connectivity index (χ3v) is 5.09. The van der Waals surface area contributed by atoms with Gasteiger partial charge in [0.1, 0.15) is 0 Å². The average molecular weight is 279 g/mol. The van der Waals surface area contributed by atoms with Crippen molar-refractivity contribution in [3.8, 4) is 0 Å². The van der Waals surface area contributed by atoms with E-state index in [1.807, 2.05) is 19.0 Å². The molecule has 0 bridgehead atoms. The Labute approximate surface area is 105 Å². The summed E-state index contributed by atoms with van der Waals surface area (Å²) in [6, 6.07) is 0. The Bertz CT molecular complexity index is 456. The molecule has 0 saturated heterocycles. The fraction of sp³-hybridized carbons (Fsp3) is 0.750. The molecule has 9 heteroatoms. The largest absolute Gasteiger partial charge is 0.374 e. The van der Waals surface area contributed by atoms with E-state index < -0.39 is 10.0 Å². The molecule has 1 heterocycles. The number of hydrogen-bond donors (Lipinski definition) is 1. The van der Waals surface area contributed by atoms with Gasteiger partial charge in [-0.25, -0.2) is 8.42 Å². The number of nitrogens with zero attached hydrogens (tertiary/aromatic N) is 4. The van der Waals surface area contributed by atoms with Gasteiger partial charge in [-0.15, -0.1) is 10.2 Å². The highest BCUT2D eigenvalue weighted by Gasteiger charge is 2.24. The van der Waals surface area contributed by atoms with Gasteiger partial charge in [-0.2, -0.15) is 4.31 Å². The maximum atomic E-state index is 12.0. The van der Waals surface area contributed by atoms with E-state index in [1.165, 1.54) is 11.4 Å². The molecule has 0 aliphatic carbocycles. The van der Waals surface area contributed by atoms with Crippen LogP contribution in [0.2, 0.25) is 0 Å². The van der Waals surface area contributed by atoms with Crippen molar-refractivity contribution in [3.63, 3.8) is 0 Å². The third kappa shape index (κ3) is 3.87. The Morgan fingerprint density at radius 2 is 1.88 bits per heavy atom. The van der Waals surface area contributed by atoms with Gasteiger partial charge in [-0.05, 0) is 27.1 Å². The van der Waals surface area contributed by atoms with E-state index in [4.69, 9.17) is 5.73 Å². The van der Waals surface area contributed by atoms with Gasteiger partial charge in [-0.1, -0.05) is 11.3 Å². The number of nitrogens with two attached hydrogens (primary N) is 1. The van der Waals surface area contributed by atoms with Gasteiger partial charge in [0, 0.05) is 13.6 Å². The molecule has 0 saturated carbocycles. The van der Waals surface area contributed by atoms with Crippen LogP contribution in [-0.4, -0.2) is 62.1 Å². The molecule has 2 N–H and O–H groups in total. The van der Waals surface area contributed by atoms with Crippen molar-refractivity contribution < 1.29 is 8.42 Å². The predicted molar refractivity (Wildman–Crippen MR) is 67.3 cm³/mol. The third-order valence-electron chi connectivity index (χ3n) is 2.13. The summed E-state index contributed by atoms with van der Waals surface area (Å²) in [6.45, 7) is 1.28. The standard InChI is InChI=1S/C8H17N5O2S2/c1-12(2)5-4-6-13(3)17(14,15)8-11-10-7(9)16-8/h4-6H2,1-3H3,(H2,9,10). The molecule has 0 aromatic carbocycles. The van der Waals surface area contributed by atoms with Gasteiger partial charge in [0.2, 0.25) is 9.47 Å². The summed E-state index contributed by atoms with van der Waals surface area (Å²) < 4.78 is 25.2. The van der Waals surface area contributed by atoms with Crippen LogP contribution in [-0.2, 0) is 10.0 Å². The zero-order valence-electron chi connectivity index (χ0n) is 10.1. The number of rotatable bonds is 6. The van der Waals surface area contributed by atoms with Crippen LogP contribution in [0.5, 0.6) is 0 Å². The van der Waals surface area contributed by atoms with Gasteiger partial charge in [0.05, 0.1) is 0 Å². The molecule has 1 aromatic heterocycles. The highest BCUT2D eigenvalue weighted by molar-refractivity contribution is 7.91. The number of sulfonamides is 1. The lowest BCUT2D eigenvalue weighted by atomic mass is 10.4. The smallest absolute Gasteiger partial charge is 0.272 e. The zero-order valence-corrected chi connectivity index (χ0v) is 11.8. The van der Waals surface area contributed by atoms with E-state index in [-0.39, 0.29) is 9.47 Å². The number of anilines is 1. The Balaban J connectivity index is 2.64. The van der Waals surface area contributed by atoms with Crippen molar-refractivity contribution in [1.29, 1.82) is 0 Å². The molecule has 0 atom stereocenters. The predicted octanol–water partition coefficient (Wildman–Crippen LogP) is -0.307. The van der Waals surface area contributed by atoms with E-state index >= 15 is 0 Å². The molecule has 0 aliphatic rings. The molecule has 0 unspecified atom stereocenters. The van der Waals surface area contributed by atoms with Crippen LogP contribution in [0.15, 0.2) is 4.34 Å². The van der Waals surface area contributed by atoms with E-state index in [0.717, 1.165) is 24.3 Å². The summed E-state index contributed by atoms with van der Waals surface area (Å²) in [4.78, 5) is 2.00. The topological polar surface area (TPSA) is 92.4 Å². The molecular formula is C8H17N5O2S2. The minimum Gasteiger partial charge on any atom is -0.374 e. The van der Waals surface area contributed by atoms with Gasteiger partial charge < -0.3 is 10.6 Å². The summed E-state index contributed by atoms with van der Waals surface area (Å²) in [5.74, 6) is 0. The fourth-order valence-corrected chi connectivity index (χ4v) is 3.37. The van der Waals surface area contributed by atoms with Crippen LogP contribution in [0.1, 0.15) is 6.42 Å². The lowest BCUT2D eigenvalue weighted by Gasteiger charge is -2.16. The van der Waals surface area contributed by atoms with Crippen LogP contribution in [0.3, 0.4) is 0 Å². The molecule has 0 spiro atoms. The Morgan fingerprint density at radius 3 is 2.35 bits per heavy atom. The van der Waals surface area contributed by atoms with Crippen molar-refractivity contribution >= 4 is 26.5 Å². The maximum Gasteiger partial charge on any atom is 0.272 e. The summed E-state index contributed by atoms with van der Waals surface area (Å²) in [5, 5.41) is 7.22. The molecule has 98 valence electrons. The number of aromatic nitrogens is 2. The molecule has 0 radical (unpaired) electrons. The number of hydrogen-bond acceptors (Lipinski definition) is 7. The molecule has 1 aromatic rings. The normalized spacial score (nSPS) is 12.5. The minimum atomic E-state index is -3.54. The summed E-state index contributed by atoms with van der Waals surface area (Å²) in [5.41, 5.74) is 5.37. The fourth-order valence-electron chi connectivity index (χ4n) is 1.19.